The minimum atomic E-state index is -4.37. The van der Waals surface area contributed by atoms with Gasteiger partial charge in [-0.3, -0.25) is 10.1 Å². The number of urea groups is 1. The smallest absolute Gasteiger partial charge is 0.323 e. The van der Waals surface area contributed by atoms with E-state index in [1.807, 2.05) is 9.80 Å². The number of halogens is 3. The van der Waals surface area contributed by atoms with E-state index in [4.69, 9.17) is 4.98 Å². The van der Waals surface area contributed by atoms with E-state index < -0.39 is 11.7 Å². The van der Waals surface area contributed by atoms with Crippen LogP contribution >= 0.6 is 0 Å². The van der Waals surface area contributed by atoms with Crippen LogP contribution in [0.4, 0.5) is 18.0 Å². The molecule has 7 nitrogen and oxygen atoms in total. The highest BCUT2D eigenvalue weighted by Crippen LogP contribution is 2.58. The largest absolute Gasteiger partial charge is 0.418 e. The maximum atomic E-state index is 13.1. The number of aromatic nitrogens is 4. The molecule has 2 spiro atoms. The fourth-order valence-corrected chi connectivity index (χ4v) is 7.46. The summed E-state index contributed by atoms with van der Waals surface area (Å²) >= 11 is 0. The first-order chi connectivity index (χ1) is 17.5. The minimum absolute atomic E-state index is 0.113. The molecule has 3 saturated carbocycles. The lowest BCUT2D eigenvalue weighted by atomic mass is 9.54. The second-order valence-electron chi connectivity index (χ2n) is 12.8. The zero-order chi connectivity index (χ0) is 25.7. The molecule has 2 aromatic rings. The first-order valence-corrected chi connectivity index (χ1v) is 13.5. The van der Waals surface area contributed by atoms with Gasteiger partial charge in [-0.2, -0.15) is 18.3 Å². The molecule has 5 fully saturated rings. The number of alkyl halides is 3. The van der Waals surface area contributed by atoms with Crippen molar-refractivity contribution in [1.82, 2.24) is 30.0 Å². The van der Waals surface area contributed by atoms with Crippen LogP contribution < -0.4 is 0 Å². The van der Waals surface area contributed by atoms with Crippen molar-refractivity contribution in [1.29, 1.82) is 0 Å². The molecule has 4 heterocycles. The molecule has 10 heteroatoms. The van der Waals surface area contributed by atoms with Crippen LogP contribution in [0.2, 0.25) is 0 Å². The molecule has 37 heavy (non-hydrogen) atoms. The maximum absolute atomic E-state index is 13.1. The molecule has 0 unspecified atom stereocenters. The highest BCUT2D eigenvalue weighted by molar-refractivity contribution is 5.77. The van der Waals surface area contributed by atoms with E-state index in [1.165, 1.54) is 19.8 Å². The van der Waals surface area contributed by atoms with Crippen LogP contribution in [-0.2, 0) is 6.18 Å². The highest BCUT2D eigenvalue weighted by atomic mass is 19.4. The molecule has 2 amide bonds. The van der Waals surface area contributed by atoms with Gasteiger partial charge in [0.25, 0.3) is 0 Å². The number of rotatable bonds is 4. The molecule has 0 radical (unpaired) electrons. The van der Waals surface area contributed by atoms with Gasteiger partial charge in [0.1, 0.15) is 5.82 Å². The lowest BCUT2D eigenvalue weighted by molar-refractivity contribution is -0.138. The number of aromatic amines is 1. The average Bonchev–Trinajstić information content (AvgIpc) is 3.46. The Kier molecular flexibility index (Phi) is 4.88. The van der Waals surface area contributed by atoms with Crippen LogP contribution in [0, 0.1) is 23.7 Å². The number of nitrogens with one attached hydrogen (secondary N) is 1. The molecule has 0 bridgehead atoms. The normalized spacial score (nSPS) is 25.4. The third-order valence-corrected chi connectivity index (χ3v) is 9.86. The first kappa shape index (κ1) is 23.5. The lowest BCUT2D eigenvalue weighted by Crippen LogP contribution is -2.71. The summed E-state index contributed by atoms with van der Waals surface area (Å²) in [4.78, 5) is 25.8. The number of pyridine rings is 1. The van der Waals surface area contributed by atoms with Gasteiger partial charge < -0.3 is 9.80 Å². The Morgan fingerprint density at radius 2 is 1.68 bits per heavy atom. The number of carbonyl (C=O) groups excluding carboxylic acids is 1. The summed E-state index contributed by atoms with van der Waals surface area (Å²) < 4.78 is 39.2. The van der Waals surface area contributed by atoms with Gasteiger partial charge in [0.05, 0.1) is 5.56 Å². The fraction of sp³-hybridized carbons (Fsp3) is 0.704. The van der Waals surface area contributed by atoms with Crippen LogP contribution in [-0.4, -0.2) is 62.2 Å². The number of amides is 2. The molecule has 2 saturated heterocycles. The van der Waals surface area contributed by atoms with E-state index in [0.717, 1.165) is 75.4 Å². The van der Waals surface area contributed by atoms with Crippen LogP contribution in [0.5, 0.6) is 0 Å². The average molecular weight is 515 g/mol. The number of hydrogen-bond acceptors (Lipinski definition) is 4. The molecule has 3 aliphatic carbocycles. The van der Waals surface area contributed by atoms with Gasteiger partial charge >= 0.3 is 12.2 Å². The van der Waals surface area contributed by atoms with Crippen molar-refractivity contribution in [2.24, 2.45) is 16.7 Å². The predicted octanol–water partition coefficient (Wildman–Crippen LogP) is 5.22. The molecule has 5 aliphatic rings. The number of likely N-dealkylation sites (tertiary alicyclic amines) is 2. The van der Waals surface area contributed by atoms with Crippen molar-refractivity contribution in [3.05, 3.63) is 40.7 Å². The highest BCUT2D eigenvalue weighted by Gasteiger charge is 2.59. The number of nitrogens with zero attached hydrogens (tertiary/aromatic N) is 5. The van der Waals surface area contributed by atoms with E-state index in [9.17, 15) is 18.0 Å². The second-order valence-corrected chi connectivity index (χ2v) is 12.8. The summed E-state index contributed by atoms with van der Waals surface area (Å²) in [5.41, 5.74) is 0.744. The van der Waals surface area contributed by atoms with Crippen LogP contribution in [0.3, 0.4) is 0 Å². The van der Waals surface area contributed by atoms with Gasteiger partial charge in [0.15, 0.2) is 5.82 Å². The minimum Gasteiger partial charge on any atom is -0.323 e. The summed E-state index contributed by atoms with van der Waals surface area (Å²) in [6.07, 6.45) is 3.19. The third-order valence-electron chi connectivity index (χ3n) is 9.86. The van der Waals surface area contributed by atoms with Crippen molar-refractivity contribution >= 4 is 6.03 Å². The molecule has 2 aliphatic heterocycles. The van der Waals surface area contributed by atoms with Crippen molar-refractivity contribution in [3.8, 4) is 0 Å². The summed E-state index contributed by atoms with van der Waals surface area (Å²) in [7, 11) is 0. The van der Waals surface area contributed by atoms with Crippen molar-refractivity contribution < 1.29 is 18.0 Å². The first-order valence-electron chi connectivity index (χ1n) is 13.5. The predicted molar refractivity (Wildman–Crippen MR) is 129 cm³/mol. The second kappa shape index (κ2) is 7.69. The molecule has 0 aromatic carbocycles. The molecular weight excluding hydrogens is 481 g/mol. The zero-order valence-electron chi connectivity index (χ0n) is 21.3. The van der Waals surface area contributed by atoms with Crippen molar-refractivity contribution in [2.45, 2.75) is 76.3 Å². The Balaban J connectivity index is 0.866. The number of H-pyrrole nitrogens is 1. The summed E-state index contributed by atoms with van der Waals surface area (Å²) in [5.74, 6) is 3.53. The maximum Gasteiger partial charge on any atom is 0.418 e. The number of aryl methyl sites for hydroxylation is 1. The van der Waals surface area contributed by atoms with Gasteiger partial charge in [-0.05, 0) is 63.0 Å². The molecular formula is C27H33F3N6O. The van der Waals surface area contributed by atoms with E-state index >= 15 is 0 Å². The Labute approximate surface area is 214 Å². The third kappa shape index (κ3) is 3.84. The molecule has 198 valence electrons. The molecule has 2 aromatic heterocycles. The fourth-order valence-electron chi connectivity index (χ4n) is 7.46. The van der Waals surface area contributed by atoms with E-state index in [1.54, 1.807) is 6.07 Å². The topological polar surface area (TPSA) is 78.0 Å². The Morgan fingerprint density at radius 1 is 1.05 bits per heavy atom. The summed E-state index contributed by atoms with van der Waals surface area (Å²) in [6.45, 7) is 6.82. The van der Waals surface area contributed by atoms with Gasteiger partial charge in [-0.25, -0.2) is 9.78 Å². The van der Waals surface area contributed by atoms with E-state index in [2.05, 4.69) is 22.1 Å². The Hall–Kier alpha value is -2.65. The van der Waals surface area contributed by atoms with E-state index in [0.29, 0.717) is 17.8 Å². The van der Waals surface area contributed by atoms with Crippen molar-refractivity contribution in [2.75, 3.05) is 26.2 Å². The van der Waals surface area contributed by atoms with Gasteiger partial charge in [0.2, 0.25) is 0 Å². The lowest BCUT2D eigenvalue weighted by Gasteiger charge is -2.63. The molecule has 1 atom stereocenters. The van der Waals surface area contributed by atoms with Crippen LogP contribution in [0.1, 0.15) is 91.7 Å². The number of carbonyl (C=O) groups is 1. The molecule has 7 rings (SSSR count). The van der Waals surface area contributed by atoms with Gasteiger partial charge in [0, 0.05) is 66.7 Å². The quantitative estimate of drug-likeness (QED) is 0.607. The van der Waals surface area contributed by atoms with Gasteiger partial charge in [-0.15, -0.1) is 0 Å². The SMILES string of the molecule is Cc1cc([C@H](C)C2CC3(C2)CN(C(=O)N2CC4(CC(c5n[nH]c(C6CC6)n5)C4)C2)C3)ncc1C(F)(F)F. The molecule has 1 N–H and O–H groups in total. The van der Waals surface area contributed by atoms with Gasteiger partial charge in [-0.1, -0.05) is 6.92 Å². The van der Waals surface area contributed by atoms with Crippen molar-refractivity contribution in [3.63, 3.8) is 0 Å². The van der Waals surface area contributed by atoms with Crippen LogP contribution in [0.15, 0.2) is 12.3 Å². The number of hydrogen-bond donors (Lipinski definition) is 1. The van der Waals surface area contributed by atoms with Crippen LogP contribution in [0.25, 0.3) is 0 Å². The zero-order valence-corrected chi connectivity index (χ0v) is 21.3. The monoisotopic (exact) mass is 514 g/mol. The Bertz CT molecular complexity index is 1230. The summed E-state index contributed by atoms with van der Waals surface area (Å²) in [6, 6.07) is 1.75. The standard InChI is InChI=1S/C27H33F3N6O/c1-15-5-21(31-10-20(15)27(28,29)30)16(2)18-6-25(7-18)11-35(12-25)24(37)36-13-26(14-36)8-19(9-26)23-32-22(33-34-23)17-3-4-17/h5,10,16-19H,3-4,6-9,11-14H2,1-2H3,(H,32,33,34)/t16-/m1/s1. The van der Waals surface area contributed by atoms with E-state index in [-0.39, 0.29) is 28.3 Å². The Morgan fingerprint density at radius 3 is 2.24 bits per heavy atom. The summed E-state index contributed by atoms with van der Waals surface area (Å²) in [5, 5.41) is 7.55.